The molecule has 4 aromatic heterocycles. The van der Waals surface area contributed by atoms with Crippen LogP contribution in [0.15, 0.2) is 225 Å². The molecule has 2 aliphatic rings. The van der Waals surface area contributed by atoms with Crippen molar-refractivity contribution in [3.8, 4) is 0 Å². The first kappa shape index (κ1) is 51.1. The van der Waals surface area contributed by atoms with Crippen LogP contribution in [0, 0.1) is 0 Å². The summed E-state index contributed by atoms with van der Waals surface area (Å²) in [7, 11) is 0. The van der Waals surface area contributed by atoms with Crippen LogP contribution in [0.2, 0.25) is 0 Å². The average molecular weight is 999 g/mol. The molecule has 8 aromatic rings. The van der Waals surface area contributed by atoms with Gasteiger partial charge in [-0.05, 0) is 148 Å². The predicted molar refractivity (Wildman–Crippen MR) is 318 cm³/mol. The summed E-state index contributed by atoms with van der Waals surface area (Å²) in [6.45, 7) is 17.8. The minimum Gasteiger partial charge on any atom is -0.358 e. The van der Waals surface area contributed by atoms with Gasteiger partial charge in [-0.15, -0.1) is 0 Å². The summed E-state index contributed by atoms with van der Waals surface area (Å²) < 4.78 is 0. The molecular formula is C68H70N8. The summed E-state index contributed by atoms with van der Waals surface area (Å²) >= 11 is 0. The van der Waals surface area contributed by atoms with E-state index in [0.717, 1.165) is 116 Å². The van der Waals surface area contributed by atoms with E-state index in [9.17, 15) is 0 Å². The summed E-state index contributed by atoms with van der Waals surface area (Å²) in [4.78, 5) is 36.1. The van der Waals surface area contributed by atoms with Crippen molar-refractivity contribution < 1.29 is 0 Å². The first-order valence-electron chi connectivity index (χ1n) is 27.0. The Kier molecular flexibility index (Phi) is 15.0. The fourth-order valence-electron chi connectivity index (χ4n) is 10.4. The van der Waals surface area contributed by atoms with Gasteiger partial charge in [0.2, 0.25) is 0 Å². The maximum atomic E-state index is 5.60. The van der Waals surface area contributed by atoms with Crippen molar-refractivity contribution >= 4 is 35.0 Å². The van der Waals surface area contributed by atoms with E-state index in [1.54, 1.807) is 0 Å². The van der Waals surface area contributed by atoms with Crippen LogP contribution in [-0.2, 0) is 10.8 Å². The molecule has 8 nitrogen and oxygen atoms in total. The lowest BCUT2D eigenvalue weighted by atomic mass is 9.86. The van der Waals surface area contributed by atoms with Gasteiger partial charge in [0.25, 0.3) is 0 Å². The van der Waals surface area contributed by atoms with Crippen molar-refractivity contribution in [2.24, 2.45) is 20.0 Å². The highest BCUT2D eigenvalue weighted by atomic mass is 14.9. The predicted octanol–water partition coefficient (Wildman–Crippen LogP) is 16.6. The first-order valence-corrected chi connectivity index (χ1v) is 27.0. The molecule has 0 amide bonds. The minimum atomic E-state index is -0.357. The number of aromatic amines is 4. The number of rotatable bonds is 19. The van der Waals surface area contributed by atoms with Crippen LogP contribution >= 0.6 is 0 Å². The fourth-order valence-corrected chi connectivity index (χ4v) is 10.4. The molecule has 2 aliphatic heterocycles. The molecule has 4 N–H and O–H groups in total. The van der Waals surface area contributed by atoms with Crippen molar-refractivity contribution in [1.29, 1.82) is 0 Å². The third kappa shape index (κ3) is 10.8. The Morgan fingerprint density at radius 1 is 0.447 bits per heavy atom. The monoisotopic (exact) mass is 999 g/mol. The molecule has 0 fully saturated rings. The summed E-state index contributed by atoms with van der Waals surface area (Å²) in [5.74, 6) is 0. The summed E-state index contributed by atoms with van der Waals surface area (Å²) in [6, 6.07) is 59.8. The van der Waals surface area contributed by atoms with Crippen LogP contribution in [0.3, 0.4) is 0 Å². The topological polar surface area (TPSA) is 113 Å². The molecule has 4 aromatic carbocycles. The lowest BCUT2D eigenvalue weighted by Gasteiger charge is -2.23. The third-order valence-electron chi connectivity index (χ3n) is 15.1. The van der Waals surface area contributed by atoms with Gasteiger partial charge in [-0.3, -0.25) is 9.98 Å². The zero-order chi connectivity index (χ0) is 52.8. The molecule has 76 heavy (non-hydrogen) atoms. The summed E-state index contributed by atoms with van der Waals surface area (Å²) in [5, 5.41) is 0. The molecule has 10 rings (SSSR count). The maximum absolute atomic E-state index is 5.60. The lowest BCUT2D eigenvalue weighted by Crippen LogP contribution is -2.20. The molecule has 0 bridgehead atoms. The van der Waals surface area contributed by atoms with Gasteiger partial charge in [-0.2, -0.15) is 0 Å². The summed E-state index contributed by atoms with van der Waals surface area (Å²) in [6.07, 6.45) is 12.2. The van der Waals surface area contributed by atoms with Crippen molar-refractivity contribution in [2.45, 2.75) is 104 Å². The lowest BCUT2D eigenvalue weighted by molar-refractivity contribution is 0.602. The second-order valence-electron chi connectivity index (χ2n) is 21.2. The zero-order valence-corrected chi connectivity index (χ0v) is 45.2. The summed E-state index contributed by atoms with van der Waals surface area (Å²) in [5.41, 5.74) is 20.6. The standard InChI is InChI=1S/C68H70N8/c1-9-23-51-41-57(75-65(51)63(49-29-19-13-20-30-49)55-35-39-61(73-55)67(5,6)59-37-33-53(71-59)43-69-45(3)47-25-15-11-16-26-47)58-42-52(24-10-2)66(76-58)64(50-31-21-14-22-32-50)56-36-40-62(74-56)68(7,8)60-38-34-54(72-60)44-70-46(4)48-27-17-12-18-28-48/h11-22,25-46,71-74H,9-10,23-24H2,1-8H3/b65-63-,66-64+,69-43?,70-44?/t45-,46-/m1/s1. The first-order chi connectivity index (χ1) is 36.9. The number of H-pyrrole nitrogens is 4. The molecule has 382 valence electrons. The van der Waals surface area contributed by atoms with Gasteiger partial charge in [0, 0.05) is 68.6 Å². The molecule has 0 saturated heterocycles. The molecule has 0 unspecified atom stereocenters. The molecule has 2 atom stereocenters. The van der Waals surface area contributed by atoms with Crippen molar-refractivity contribution in [1.82, 2.24) is 19.9 Å². The smallest absolute Gasteiger partial charge is 0.0897 e. The Balaban J connectivity index is 0.998. The molecule has 0 aliphatic carbocycles. The van der Waals surface area contributed by atoms with Gasteiger partial charge in [0.1, 0.15) is 0 Å². The van der Waals surface area contributed by atoms with Crippen molar-refractivity contribution in [3.63, 3.8) is 0 Å². The van der Waals surface area contributed by atoms with E-state index in [0.29, 0.717) is 0 Å². The van der Waals surface area contributed by atoms with E-state index < -0.39 is 0 Å². The van der Waals surface area contributed by atoms with E-state index in [1.807, 2.05) is 24.6 Å². The fraction of sp³-hybridized carbons (Fsp3) is 0.235. The SMILES string of the molecule is CCCC1=CC(C2=N/C(=C(\c3ccccc3)c3ccc(C(C)(C)c4ccc(C=N[C@H](C)c5ccccc5)[nH]4)[nH]3)C(CCC)=C2)=N/C1=C(/c1ccccc1)c1ccc(C(C)(C)c2ccc(C=N[C@H](C)c3ccccc3)[nH]2)[nH]1. The Bertz CT molecular complexity index is 3320. The number of hydrogen-bond acceptors (Lipinski definition) is 4. The molecule has 6 heterocycles. The third-order valence-corrected chi connectivity index (χ3v) is 15.1. The number of nitrogens with one attached hydrogen (secondary N) is 4. The van der Waals surface area contributed by atoms with Crippen LogP contribution in [0.1, 0.15) is 161 Å². The van der Waals surface area contributed by atoms with Crippen LogP contribution < -0.4 is 0 Å². The van der Waals surface area contributed by atoms with Gasteiger partial charge >= 0.3 is 0 Å². The van der Waals surface area contributed by atoms with E-state index in [-0.39, 0.29) is 22.9 Å². The average Bonchev–Trinajstić information content (AvgIpc) is 4.35. The van der Waals surface area contributed by atoms with E-state index in [2.05, 4.69) is 245 Å². The molecule has 0 spiro atoms. The normalized spacial score (nSPS) is 16.3. The Labute approximate surface area is 449 Å². The maximum Gasteiger partial charge on any atom is 0.0897 e. The van der Waals surface area contributed by atoms with E-state index in [4.69, 9.17) is 20.0 Å². The second kappa shape index (κ2) is 22.2. The quantitative estimate of drug-likeness (QED) is 0.0579. The second-order valence-corrected chi connectivity index (χ2v) is 21.2. The Hall–Kier alpha value is -8.36. The highest BCUT2D eigenvalue weighted by Crippen LogP contribution is 2.41. The van der Waals surface area contributed by atoms with Crippen LogP contribution in [0.25, 0.3) is 11.1 Å². The Morgan fingerprint density at radius 3 is 1.16 bits per heavy atom. The number of aromatic nitrogens is 4. The number of allylic oxidation sites excluding steroid dienone is 4. The highest BCUT2D eigenvalue weighted by molar-refractivity contribution is 6.52. The minimum absolute atomic E-state index is 0.0606. The van der Waals surface area contributed by atoms with Gasteiger partial charge in [0.05, 0.1) is 46.3 Å². The van der Waals surface area contributed by atoms with Crippen LogP contribution in [0.4, 0.5) is 0 Å². The van der Waals surface area contributed by atoms with Crippen molar-refractivity contribution in [3.05, 3.63) is 272 Å². The number of aliphatic imine (C=N–C) groups is 4. The number of nitrogens with zero attached hydrogens (tertiary/aromatic N) is 4. The van der Waals surface area contributed by atoms with Crippen LogP contribution in [0.5, 0.6) is 0 Å². The highest BCUT2D eigenvalue weighted by Gasteiger charge is 2.32. The van der Waals surface area contributed by atoms with Gasteiger partial charge in [-0.25, -0.2) is 9.98 Å². The van der Waals surface area contributed by atoms with Crippen molar-refractivity contribution in [2.75, 3.05) is 0 Å². The van der Waals surface area contributed by atoms with Gasteiger partial charge in [-0.1, -0.05) is 148 Å². The molecular weight excluding hydrogens is 929 g/mol. The van der Waals surface area contributed by atoms with Crippen LogP contribution in [-0.4, -0.2) is 43.8 Å². The number of benzene rings is 4. The van der Waals surface area contributed by atoms with E-state index in [1.165, 1.54) is 22.3 Å². The zero-order valence-electron chi connectivity index (χ0n) is 45.2. The molecule has 0 radical (unpaired) electrons. The molecule has 8 heteroatoms. The molecule has 0 saturated carbocycles. The Morgan fingerprint density at radius 2 is 0.789 bits per heavy atom. The largest absolute Gasteiger partial charge is 0.358 e. The van der Waals surface area contributed by atoms with Gasteiger partial charge in [0.15, 0.2) is 0 Å². The number of hydrogen-bond donors (Lipinski definition) is 4. The van der Waals surface area contributed by atoms with E-state index >= 15 is 0 Å². The van der Waals surface area contributed by atoms with Gasteiger partial charge < -0.3 is 19.9 Å².